The van der Waals surface area contributed by atoms with Crippen molar-refractivity contribution in [3.05, 3.63) is 58.1 Å². The molecule has 0 bridgehead atoms. The number of anilines is 2. The number of hydrogen-bond acceptors (Lipinski definition) is 3. The zero-order valence-electron chi connectivity index (χ0n) is 14.3. The maximum absolute atomic E-state index is 13.6. The first-order valence-electron chi connectivity index (χ1n) is 7.60. The minimum atomic E-state index is -0.756. The van der Waals surface area contributed by atoms with Crippen LogP contribution in [0.5, 0.6) is 0 Å². The summed E-state index contributed by atoms with van der Waals surface area (Å²) < 4.78 is 32.5. The Bertz CT molecular complexity index is 831. The molecule has 26 heavy (non-hydrogen) atoms. The van der Waals surface area contributed by atoms with Crippen molar-refractivity contribution < 1.29 is 23.1 Å². The summed E-state index contributed by atoms with van der Waals surface area (Å²) in [5, 5.41) is 4.90. The van der Waals surface area contributed by atoms with Crippen molar-refractivity contribution in [3.8, 4) is 0 Å². The van der Waals surface area contributed by atoms with Crippen LogP contribution in [0.25, 0.3) is 0 Å². The molecule has 0 aliphatic carbocycles. The molecule has 0 aliphatic rings. The quantitative estimate of drug-likeness (QED) is 0.696. The lowest BCUT2D eigenvalue weighted by atomic mass is 10.2. The van der Waals surface area contributed by atoms with E-state index >= 15 is 0 Å². The van der Waals surface area contributed by atoms with Gasteiger partial charge in [0.1, 0.15) is 17.2 Å². The SMILES string of the molecule is CC(C)(C)OC(=O)Nc1ccc(F)cc1NC(=O)c1cc(F)cc(Br)c1. The van der Waals surface area contributed by atoms with Gasteiger partial charge in [0.25, 0.3) is 5.91 Å². The molecule has 0 unspecified atom stereocenters. The molecule has 2 aromatic carbocycles. The van der Waals surface area contributed by atoms with E-state index in [1.807, 2.05) is 0 Å². The summed E-state index contributed by atoms with van der Waals surface area (Å²) in [6.45, 7) is 5.09. The number of carbonyl (C=O) groups is 2. The van der Waals surface area contributed by atoms with Crippen molar-refractivity contribution in [1.29, 1.82) is 0 Å². The Labute approximate surface area is 157 Å². The molecule has 138 valence electrons. The van der Waals surface area contributed by atoms with E-state index in [1.54, 1.807) is 20.8 Å². The predicted octanol–water partition coefficient (Wildman–Crippen LogP) is 5.33. The molecule has 2 rings (SSSR count). The normalized spacial score (nSPS) is 11.0. The van der Waals surface area contributed by atoms with Gasteiger partial charge in [0.15, 0.2) is 0 Å². The van der Waals surface area contributed by atoms with Gasteiger partial charge in [-0.1, -0.05) is 15.9 Å². The van der Waals surface area contributed by atoms with Crippen LogP contribution in [0.4, 0.5) is 25.0 Å². The highest BCUT2D eigenvalue weighted by Gasteiger charge is 2.18. The summed E-state index contributed by atoms with van der Waals surface area (Å²) in [6.07, 6.45) is -0.756. The van der Waals surface area contributed by atoms with Crippen LogP contribution in [-0.4, -0.2) is 17.6 Å². The van der Waals surface area contributed by atoms with Crippen LogP contribution in [0.2, 0.25) is 0 Å². The number of halogens is 3. The fourth-order valence-corrected chi connectivity index (χ4v) is 2.49. The van der Waals surface area contributed by atoms with Crippen molar-refractivity contribution in [1.82, 2.24) is 0 Å². The van der Waals surface area contributed by atoms with Gasteiger partial charge < -0.3 is 10.1 Å². The minimum absolute atomic E-state index is 0.0150. The third kappa shape index (κ3) is 5.80. The van der Waals surface area contributed by atoms with Crippen molar-refractivity contribution in [2.45, 2.75) is 26.4 Å². The van der Waals surface area contributed by atoms with Crippen LogP contribution in [-0.2, 0) is 4.74 Å². The number of rotatable bonds is 3. The zero-order chi connectivity index (χ0) is 19.5. The molecule has 0 aliphatic heterocycles. The van der Waals surface area contributed by atoms with Crippen molar-refractivity contribution in [3.63, 3.8) is 0 Å². The van der Waals surface area contributed by atoms with Gasteiger partial charge in [0.05, 0.1) is 11.4 Å². The molecule has 0 heterocycles. The summed E-state index contributed by atoms with van der Waals surface area (Å²) in [7, 11) is 0. The summed E-state index contributed by atoms with van der Waals surface area (Å²) >= 11 is 3.10. The molecular formula is C18H17BrF2N2O3. The number of nitrogens with one attached hydrogen (secondary N) is 2. The highest BCUT2D eigenvalue weighted by Crippen LogP contribution is 2.25. The Hall–Kier alpha value is -2.48. The molecule has 0 saturated carbocycles. The highest BCUT2D eigenvalue weighted by atomic mass is 79.9. The van der Waals surface area contributed by atoms with E-state index in [2.05, 4.69) is 26.6 Å². The Morgan fingerprint density at radius 3 is 2.27 bits per heavy atom. The number of amides is 2. The maximum Gasteiger partial charge on any atom is 0.412 e. The third-order valence-corrected chi connectivity index (χ3v) is 3.45. The van der Waals surface area contributed by atoms with Crippen molar-refractivity contribution in [2.75, 3.05) is 10.6 Å². The highest BCUT2D eigenvalue weighted by molar-refractivity contribution is 9.10. The molecule has 0 radical (unpaired) electrons. The topological polar surface area (TPSA) is 67.4 Å². The zero-order valence-corrected chi connectivity index (χ0v) is 15.9. The summed E-state index contributed by atoms with van der Waals surface area (Å²) in [5.74, 6) is -1.88. The molecule has 0 spiro atoms. The second kappa shape index (κ2) is 7.82. The van der Waals surface area contributed by atoms with Crippen LogP contribution in [0.1, 0.15) is 31.1 Å². The van der Waals surface area contributed by atoms with Crippen LogP contribution < -0.4 is 10.6 Å². The van der Waals surface area contributed by atoms with E-state index in [1.165, 1.54) is 18.2 Å². The first-order valence-corrected chi connectivity index (χ1v) is 8.40. The van der Waals surface area contributed by atoms with Crippen molar-refractivity contribution >= 4 is 39.3 Å². The molecular weight excluding hydrogens is 410 g/mol. The van der Waals surface area contributed by atoms with Gasteiger partial charge in [0, 0.05) is 10.0 Å². The maximum atomic E-state index is 13.6. The molecule has 0 aromatic heterocycles. The van der Waals surface area contributed by atoms with Gasteiger partial charge in [-0.15, -0.1) is 0 Å². The van der Waals surface area contributed by atoms with Gasteiger partial charge in [0.2, 0.25) is 0 Å². The summed E-state index contributed by atoms with van der Waals surface area (Å²) in [6, 6.07) is 7.12. The fraction of sp³-hybridized carbons (Fsp3) is 0.222. The van der Waals surface area contributed by atoms with Gasteiger partial charge >= 0.3 is 6.09 Å². The Morgan fingerprint density at radius 1 is 0.962 bits per heavy atom. The van der Waals surface area contributed by atoms with E-state index in [0.29, 0.717) is 4.47 Å². The van der Waals surface area contributed by atoms with Gasteiger partial charge in [-0.05, 0) is 57.2 Å². The molecule has 2 amide bonds. The molecule has 0 saturated heterocycles. The lowest BCUT2D eigenvalue weighted by Gasteiger charge is -2.20. The van der Waals surface area contributed by atoms with E-state index in [0.717, 1.165) is 18.2 Å². The predicted molar refractivity (Wildman–Crippen MR) is 98.3 cm³/mol. The Kier molecular flexibility index (Phi) is 5.97. The molecule has 2 aromatic rings. The molecule has 5 nitrogen and oxygen atoms in total. The number of ether oxygens (including phenoxy) is 1. The van der Waals surface area contributed by atoms with E-state index < -0.39 is 29.2 Å². The minimum Gasteiger partial charge on any atom is -0.444 e. The molecule has 8 heteroatoms. The molecule has 0 fully saturated rings. The van der Waals surface area contributed by atoms with E-state index in [4.69, 9.17) is 4.74 Å². The number of carbonyl (C=O) groups excluding carboxylic acids is 2. The molecule has 2 N–H and O–H groups in total. The monoisotopic (exact) mass is 426 g/mol. The third-order valence-electron chi connectivity index (χ3n) is 2.99. The van der Waals surface area contributed by atoms with Crippen LogP contribution in [0.15, 0.2) is 40.9 Å². The van der Waals surface area contributed by atoms with E-state index in [-0.39, 0.29) is 16.9 Å². The fourth-order valence-electron chi connectivity index (χ4n) is 2.02. The summed E-state index contributed by atoms with van der Waals surface area (Å²) in [4.78, 5) is 24.2. The average Bonchev–Trinajstić information content (AvgIpc) is 2.47. The first kappa shape index (κ1) is 19.8. The molecule has 0 atom stereocenters. The van der Waals surface area contributed by atoms with Crippen LogP contribution in [0.3, 0.4) is 0 Å². The second-order valence-corrected chi connectivity index (χ2v) is 7.34. The Morgan fingerprint density at radius 2 is 1.65 bits per heavy atom. The lowest BCUT2D eigenvalue weighted by Crippen LogP contribution is -2.27. The van der Waals surface area contributed by atoms with Crippen LogP contribution in [0, 0.1) is 11.6 Å². The van der Waals surface area contributed by atoms with Gasteiger partial charge in [-0.2, -0.15) is 0 Å². The summed E-state index contributed by atoms with van der Waals surface area (Å²) in [5.41, 5.74) is -0.531. The number of hydrogen-bond donors (Lipinski definition) is 2. The Balaban J connectivity index is 2.24. The van der Waals surface area contributed by atoms with Crippen molar-refractivity contribution in [2.24, 2.45) is 0 Å². The average molecular weight is 427 g/mol. The second-order valence-electron chi connectivity index (χ2n) is 6.43. The van der Waals surface area contributed by atoms with Crippen LogP contribution >= 0.6 is 15.9 Å². The van der Waals surface area contributed by atoms with Gasteiger partial charge in [-0.25, -0.2) is 13.6 Å². The smallest absolute Gasteiger partial charge is 0.412 e. The first-order chi connectivity index (χ1) is 12.0. The number of benzene rings is 2. The largest absolute Gasteiger partial charge is 0.444 e. The van der Waals surface area contributed by atoms with E-state index in [9.17, 15) is 18.4 Å². The van der Waals surface area contributed by atoms with Gasteiger partial charge in [-0.3, -0.25) is 10.1 Å². The lowest BCUT2D eigenvalue weighted by molar-refractivity contribution is 0.0635. The standard InChI is InChI=1S/C18H17BrF2N2O3/c1-18(2,3)26-17(25)23-14-5-4-12(20)9-15(14)22-16(24)10-6-11(19)8-13(21)7-10/h4-9H,1-3H3,(H,22,24)(H,23,25).